The first-order valence-electron chi connectivity index (χ1n) is 12.5. The van der Waals surface area contributed by atoms with Gasteiger partial charge in [-0.2, -0.15) is 0 Å². The summed E-state index contributed by atoms with van der Waals surface area (Å²) in [4.78, 5) is 29.9. The van der Waals surface area contributed by atoms with Crippen molar-refractivity contribution in [3.63, 3.8) is 0 Å². The third kappa shape index (κ3) is 6.05. The molecule has 0 aliphatic heterocycles. The molecule has 0 saturated heterocycles. The lowest BCUT2D eigenvalue weighted by molar-refractivity contribution is 0.0927. The van der Waals surface area contributed by atoms with E-state index in [2.05, 4.69) is 22.2 Å². The zero-order chi connectivity index (χ0) is 27.2. The topological polar surface area (TPSA) is 93.5 Å². The highest BCUT2D eigenvalue weighted by molar-refractivity contribution is 5.96. The van der Waals surface area contributed by atoms with E-state index in [0.29, 0.717) is 45.2 Å². The van der Waals surface area contributed by atoms with Gasteiger partial charge in [0.1, 0.15) is 17.0 Å². The summed E-state index contributed by atoms with van der Waals surface area (Å²) >= 11 is 0. The van der Waals surface area contributed by atoms with Crippen LogP contribution in [0.15, 0.2) is 108 Å². The van der Waals surface area contributed by atoms with E-state index in [4.69, 9.17) is 9.15 Å². The molecule has 0 unspecified atom stereocenters. The molecule has 39 heavy (non-hydrogen) atoms. The van der Waals surface area contributed by atoms with E-state index in [9.17, 15) is 9.59 Å². The van der Waals surface area contributed by atoms with Gasteiger partial charge in [-0.1, -0.05) is 55.1 Å². The van der Waals surface area contributed by atoms with Crippen LogP contribution in [0.3, 0.4) is 0 Å². The fourth-order valence-electron chi connectivity index (χ4n) is 4.04. The quantitative estimate of drug-likeness (QED) is 0.184. The number of oxazole rings is 1. The highest BCUT2D eigenvalue weighted by Gasteiger charge is 2.13. The predicted molar refractivity (Wildman–Crippen MR) is 151 cm³/mol. The molecule has 1 heterocycles. The minimum absolute atomic E-state index is 0.256. The van der Waals surface area contributed by atoms with Gasteiger partial charge in [0.05, 0.1) is 0 Å². The molecule has 0 saturated carbocycles. The number of aromatic nitrogens is 1. The average Bonchev–Trinajstić information content (AvgIpc) is 3.41. The zero-order valence-corrected chi connectivity index (χ0v) is 21.4. The van der Waals surface area contributed by atoms with E-state index in [1.807, 2.05) is 67.6 Å². The number of ether oxygens (including phenoxy) is 1. The number of nitrogens with zero attached hydrogens (tertiary/aromatic N) is 1. The molecule has 1 aromatic heterocycles. The number of carbonyl (C=O) groups is 2. The Labute approximate surface area is 226 Å². The number of fused-ring (bicyclic) bond motifs is 1. The first-order chi connectivity index (χ1) is 19.0. The third-order valence-corrected chi connectivity index (χ3v) is 6.14. The van der Waals surface area contributed by atoms with Crippen molar-refractivity contribution in [2.24, 2.45) is 0 Å². The molecule has 5 rings (SSSR count). The van der Waals surface area contributed by atoms with E-state index in [1.54, 1.807) is 36.4 Å². The van der Waals surface area contributed by atoms with Crippen molar-refractivity contribution < 1.29 is 18.7 Å². The number of amides is 2. The lowest BCUT2D eigenvalue weighted by Crippen LogP contribution is -2.34. The molecule has 0 spiro atoms. The number of hydrogen-bond donors (Lipinski definition) is 2. The van der Waals surface area contributed by atoms with Crippen molar-refractivity contribution in [3.8, 4) is 17.2 Å². The van der Waals surface area contributed by atoms with Crippen molar-refractivity contribution in [1.82, 2.24) is 15.6 Å². The molecular formula is C32H27N3O4. The van der Waals surface area contributed by atoms with Gasteiger partial charge in [0.25, 0.3) is 11.8 Å². The largest absolute Gasteiger partial charge is 0.457 e. The van der Waals surface area contributed by atoms with E-state index in [-0.39, 0.29) is 24.9 Å². The summed E-state index contributed by atoms with van der Waals surface area (Å²) in [7, 11) is 0. The van der Waals surface area contributed by atoms with Crippen LogP contribution in [0.2, 0.25) is 0 Å². The molecule has 0 aliphatic carbocycles. The lowest BCUT2D eigenvalue weighted by atomic mass is 10.1. The summed E-state index contributed by atoms with van der Waals surface area (Å²) in [5.41, 5.74) is 4.80. The van der Waals surface area contributed by atoms with Crippen LogP contribution in [0.1, 0.15) is 31.8 Å². The Kier molecular flexibility index (Phi) is 7.50. The minimum atomic E-state index is -0.257. The first-order valence-corrected chi connectivity index (χ1v) is 12.5. The van der Waals surface area contributed by atoms with Gasteiger partial charge in [-0.25, -0.2) is 4.98 Å². The van der Waals surface area contributed by atoms with Gasteiger partial charge < -0.3 is 19.8 Å². The summed E-state index contributed by atoms with van der Waals surface area (Å²) in [6.07, 6.45) is 0. The number of carbonyl (C=O) groups excluding carboxylic acids is 2. The van der Waals surface area contributed by atoms with E-state index >= 15 is 0 Å². The van der Waals surface area contributed by atoms with Crippen LogP contribution in [0.25, 0.3) is 28.3 Å². The molecule has 0 fully saturated rings. The van der Waals surface area contributed by atoms with Crippen molar-refractivity contribution in [3.05, 3.63) is 126 Å². The Bertz CT molecular complexity index is 1640. The Morgan fingerprint density at radius 1 is 0.795 bits per heavy atom. The van der Waals surface area contributed by atoms with Crippen LogP contribution in [0.5, 0.6) is 5.75 Å². The van der Waals surface area contributed by atoms with Gasteiger partial charge in [-0.15, -0.1) is 0 Å². The molecule has 4 aromatic carbocycles. The zero-order valence-electron chi connectivity index (χ0n) is 21.4. The fourth-order valence-corrected chi connectivity index (χ4v) is 4.04. The van der Waals surface area contributed by atoms with Crippen molar-refractivity contribution >= 4 is 28.7 Å². The standard InChI is InChI=1S/C32H27N3O4/c1-21-9-3-5-15-28(21)38-22(2)23-10-7-11-24(19-23)30(36)33-17-18-34-31(37)25-12-8-13-26(20-25)32-35-27-14-4-6-16-29(27)39-32/h3-16,19-20H,2,17-18H2,1H3,(H,33,36)(H,34,37). The predicted octanol–water partition coefficient (Wildman–Crippen LogP) is 6.01. The number of hydrogen-bond acceptors (Lipinski definition) is 5. The van der Waals surface area contributed by atoms with Crippen LogP contribution < -0.4 is 15.4 Å². The Hall–Kier alpha value is -5.17. The average molecular weight is 518 g/mol. The number of benzene rings is 4. The molecule has 7 heteroatoms. The van der Waals surface area contributed by atoms with E-state index < -0.39 is 0 Å². The maximum atomic E-state index is 12.7. The van der Waals surface area contributed by atoms with Crippen molar-refractivity contribution in [2.75, 3.05) is 13.1 Å². The van der Waals surface area contributed by atoms with Gasteiger partial charge in [0, 0.05) is 35.3 Å². The molecule has 0 atom stereocenters. The second kappa shape index (κ2) is 11.5. The fraction of sp³-hybridized carbons (Fsp3) is 0.0938. The van der Waals surface area contributed by atoms with Crippen LogP contribution in [0, 0.1) is 6.92 Å². The maximum absolute atomic E-state index is 12.7. The SMILES string of the molecule is C=C(Oc1ccccc1C)c1cccc(C(=O)NCCNC(=O)c2cccc(-c3nc4ccccc4o3)c2)c1. The van der Waals surface area contributed by atoms with Gasteiger partial charge in [0.2, 0.25) is 5.89 Å². The van der Waals surface area contributed by atoms with Crippen molar-refractivity contribution in [1.29, 1.82) is 0 Å². The Morgan fingerprint density at radius 2 is 1.44 bits per heavy atom. The monoisotopic (exact) mass is 517 g/mol. The highest BCUT2D eigenvalue weighted by Crippen LogP contribution is 2.25. The Morgan fingerprint density at radius 3 is 2.18 bits per heavy atom. The summed E-state index contributed by atoms with van der Waals surface area (Å²) < 4.78 is 11.7. The summed E-state index contributed by atoms with van der Waals surface area (Å²) in [6, 6.07) is 29.3. The minimum Gasteiger partial charge on any atom is -0.457 e. The van der Waals surface area contributed by atoms with E-state index in [1.165, 1.54) is 0 Å². The van der Waals surface area contributed by atoms with Gasteiger partial charge in [0.15, 0.2) is 5.58 Å². The Balaban J connectivity index is 1.14. The number of rotatable bonds is 9. The molecule has 2 amide bonds. The highest BCUT2D eigenvalue weighted by atomic mass is 16.5. The summed E-state index contributed by atoms with van der Waals surface area (Å²) in [5, 5.41) is 5.67. The second-order valence-electron chi connectivity index (χ2n) is 8.95. The van der Waals surface area contributed by atoms with Crippen LogP contribution in [0.4, 0.5) is 0 Å². The van der Waals surface area contributed by atoms with Gasteiger partial charge in [-0.05, 0) is 61.0 Å². The molecular weight excluding hydrogens is 490 g/mol. The molecule has 0 aliphatic rings. The molecule has 194 valence electrons. The van der Waals surface area contributed by atoms with Crippen LogP contribution in [-0.4, -0.2) is 29.9 Å². The van der Waals surface area contributed by atoms with Gasteiger partial charge >= 0.3 is 0 Å². The normalized spacial score (nSPS) is 10.7. The van der Waals surface area contributed by atoms with E-state index in [0.717, 1.165) is 11.1 Å². The summed E-state index contributed by atoms with van der Waals surface area (Å²) in [6.45, 7) is 6.50. The van der Waals surface area contributed by atoms with Crippen LogP contribution >= 0.6 is 0 Å². The molecule has 0 radical (unpaired) electrons. The summed E-state index contributed by atoms with van der Waals surface area (Å²) in [5.74, 6) is 1.10. The second-order valence-corrected chi connectivity index (χ2v) is 8.95. The molecule has 2 N–H and O–H groups in total. The number of nitrogens with one attached hydrogen (secondary N) is 2. The molecule has 5 aromatic rings. The first kappa shape index (κ1) is 25.5. The lowest BCUT2D eigenvalue weighted by Gasteiger charge is -2.12. The van der Waals surface area contributed by atoms with Gasteiger partial charge in [-0.3, -0.25) is 9.59 Å². The van der Waals surface area contributed by atoms with Crippen LogP contribution in [-0.2, 0) is 0 Å². The van der Waals surface area contributed by atoms with Crippen molar-refractivity contribution in [2.45, 2.75) is 6.92 Å². The smallest absolute Gasteiger partial charge is 0.251 e. The third-order valence-electron chi connectivity index (χ3n) is 6.14. The molecule has 7 nitrogen and oxygen atoms in total. The maximum Gasteiger partial charge on any atom is 0.251 e. The number of para-hydroxylation sites is 3. The number of aryl methyl sites for hydroxylation is 1. The molecule has 0 bridgehead atoms.